The molecule has 2 heterocycles. The highest BCUT2D eigenvalue weighted by Crippen LogP contribution is 2.28. The maximum atomic E-state index is 6.37. The molecule has 2 aromatic heterocycles. The smallest absolute Gasteiger partial charge is 0.163 e. The van der Waals surface area contributed by atoms with E-state index in [-0.39, 0.29) is 0 Å². The molecule has 1 aromatic carbocycles. The molecule has 0 radical (unpaired) electrons. The van der Waals surface area contributed by atoms with Gasteiger partial charge in [-0.1, -0.05) is 30.7 Å². The standard InChI is InChI=1S/C15H16Cl2N4/c1-3-11-14-15(20(2)19-11)21(13(18-14)8-9-16)12-7-5-4-6-10(12)17/h4-7H,3,8-9H2,1-2H3. The largest absolute Gasteiger partial charge is 0.279 e. The van der Waals surface area contributed by atoms with E-state index in [0.717, 1.165) is 34.8 Å². The first-order chi connectivity index (χ1) is 10.2. The molecular formula is C15H16Cl2N4. The van der Waals surface area contributed by atoms with Crippen molar-refractivity contribution in [3.63, 3.8) is 0 Å². The van der Waals surface area contributed by atoms with Crippen LogP contribution in [0.25, 0.3) is 16.9 Å². The molecule has 21 heavy (non-hydrogen) atoms. The number of aromatic nitrogens is 4. The number of nitrogens with zero attached hydrogens (tertiary/aromatic N) is 4. The van der Waals surface area contributed by atoms with E-state index in [9.17, 15) is 0 Å². The summed E-state index contributed by atoms with van der Waals surface area (Å²) in [5.74, 6) is 1.43. The third-order valence-corrected chi connectivity index (χ3v) is 4.03. The number of halogens is 2. The highest BCUT2D eigenvalue weighted by molar-refractivity contribution is 6.32. The second-order valence-corrected chi connectivity index (χ2v) is 5.64. The third-order valence-electron chi connectivity index (χ3n) is 3.52. The Labute approximate surface area is 133 Å². The number of imidazole rings is 1. The molecule has 110 valence electrons. The zero-order valence-corrected chi connectivity index (χ0v) is 13.5. The highest BCUT2D eigenvalue weighted by atomic mass is 35.5. The summed E-state index contributed by atoms with van der Waals surface area (Å²) in [6.07, 6.45) is 1.53. The van der Waals surface area contributed by atoms with Crippen LogP contribution in [0.4, 0.5) is 0 Å². The average Bonchev–Trinajstić information content (AvgIpc) is 2.98. The second-order valence-electron chi connectivity index (χ2n) is 4.85. The maximum absolute atomic E-state index is 6.37. The summed E-state index contributed by atoms with van der Waals surface area (Å²) in [4.78, 5) is 4.75. The summed E-state index contributed by atoms with van der Waals surface area (Å²) in [5.41, 5.74) is 3.79. The van der Waals surface area contributed by atoms with E-state index in [1.807, 2.05) is 36.0 Å². The maximum Gasteiger partial charge on any atom is 0.163 e. The number of hydrogen-bond donors (Lipinski definition) is 0. The van der Waals surface area contributed by atoms with Gasteiger partial charge in [0.25, 0.3) is 0 Å². The van der Waals surface area contributed by atoms with Crippen LogP contribution in [0.2, 0.25) is 5.02 Å². The summed E-state index contributed by atoms with van der Waals surface area (Å²) in [7, 11) is 1.93. The molecule has 0 aliphatic heterocycles. The van der Waals surface area contributed by atoms with Crippen molar-refractivity contribution in [2.45, 2.75) is 19.8 Å². The van der Waals surface area contributed by atoms with Gasteiger partial charge in [-0.05, 0) is 18.6 Å². The lowest BCUT2D eigenvalue weighted by Gasteiger charge is -2.10. The Morgan fingerprint density at radius 1 is 1.24 bits per heavy atom. The van der Waals surface area contributed by atoms with Crippen molar-refractivity contribution in [3.8, 4) is 5.69 Å². The predicted molar refractivity (Wildman–Crippen MR) is 86.6 cm³/mol. The first-order valence-corrected chi connectivity index (χ1v) is 7.82. The molecule has 0 spiro atoms. The van der Waals surface area contributed by atoms with Crippen molar-refractivity contribution in [3.05, 3.63) is 40.8 Å². The lowest BCUT2D eigenvalue weighted by atomic mass is 10.3. The van der Waals surface area contributed by atoms with Crippen LogP contribution >= 0.6 is 23.2 Å². The molecule has 3 aromatic rings. The van der Waals surface area contributed by atoms with Crippen LogP contribution < -0.4 is 0 Å². The van der Waals surface area contributed by atoms with Gasteiger partial charge in [0.05, 0.1) is 16.4 Å². The summed E-state index contributed by atoms with van der Waals surface area (Å²) in [5, 5.41) is 5.23. The summed E-state index contributed by atoms with van der Waals surface area (Å²) in [6.45, 7) is 2.08. The highest BCUT2D eigenvalue weighted by Gasteiger charge is 2.20. The molecule has 0 N–H and O–H groups in total. The molecule has 0 saturated carbocycles. The van der Waals surface area contributed by atoms with E-state index in [2.05, 4.69) is 16.6 Å². The first kappa shape index (κ1) is 14.4. The minimum absolute atomic E-state index is 0.517. The molecular weight excluding hydrogens is 307 g/mol. The van der Waals surface area contributed by atoms with Gasteiger partial charge in [0.2, 0.25) is 0 Å². The van der Waals surface area contributed by atoms with E-state index < -0.39 is 0 Å². The summed E-state index contributed by atoms with van der Waals surface area (Å²) < 4.78 is 3.93. The van der Waals surface area contributed by atoms with Gasteiger partial charge in [0.15, 0.2) is 5.65 Å². The van der Waals surface area contributed by atoms with Crippen molar-refractivity contribution < 1.29 is 0 Å². The molecule has 3 rings (SSSR count). The van der Waals surface area contributed by atoms with Gasteiger partial charge in [-0.3, -0.25) is 4.57 Å². The van der Waals surface area contributed by atoms with Crippen LogP contribution in [0, 0.1) is 0 Å². The van der Waals surface area contributed by atoms with E-state index in [4.69, 9.17) is 28.2 Å². The quantitative estimate of drug-likeness (QED) is 0.686. The Hall–Kier alpha value is -1.52. The van der Waals surface area contributed by atoms with Crippen molar-refractivity contribution in [1.82, 2.24) is 19.3 Å². The fourth-order valence-electron chi connectivity index (χ4n) is 2.60. The number of rotatable bonds is 4. The zero-order chi connectivity index (χ0) is 15.0. The number of aryl methyl sites for hydroxylation is 3. The van der Waals surface area contributed by atoms with Gasteiger partial charge in [0.1, 0.15) is 11.3 Å². The molecule has 0 bridgehead atoms. The molecule has 4 nitrogen and oxygen atoms in total. The number of para-hydroxylation sites is 1. The monoisotopic (exact) mass is 322 g/mol. The van der Waals surface area contributed by atoms with E-state index in [1.165, 1.54) is 0 Å². The van der Waals surface area contributed by atoms with Gasteiger partial charge in [-0.2, -0.15) is 5.10 Å². The van der Waals surface area contributed by atoms with Crippen molar-refractivity contribution in [2.75, 3.05) is 5.88 Å². The van der Waals surface area contributed by atoms with Gasteiger partial charge in [-0.15, -0.1) is 11.6 Å². The van der Waals surface area contributed by atoms with E-state index in [1.54, 1.807) is 0 Å². The Morgan fingerprint density at radius 3 is 2.67 bits per heavy atom. The Balaban J connectivity index is 2.36. The number of alkyl halides is 1. The van der Waals surface area contributed by atoms with E-state index in [0.29, 0.717) is 17.3 Å². The van der Waals surface area contributed by atoms with Crippen LogP contribution in [0.1, 0.15) is 18.4 Å². The molecule has 0 amide bonds. The minimum atomic E-state index is 0.517. The Kier molecular flexibility index (Phi) is 3.91. The molecule has 0 saturated heterocycles. The predicted octanol–water partition coefficient (Wildman–Crippen LogP) is 3.76. The van der Waals surface area contributed by atoms with Crippen LogP contribution in [0.5, 0.6) is 0 Å². The second kappa shape index (κ2) is 5.70. The van der Waals surface area contributed by atoms with Gasteiger partial charge in [-0.25, -0.2) is 9.67 Å². The lowest BCUT2D eigenvalue weighted by Crippen LogP contribution is -2.06. The van der Waals surface area contributed by atoms with Crippen LogP contribution in [0.3, 0.4) is 0 Å². The summed E-state index contributed by atoms with van der Waals surface area (Å²) in [6, 6.07) is 7.75. The fourth-order valence-corrected chi connectivity index (χ4v) is 2.99. The zero-order valence-electron chi connectivity index (χ0n) is 12.0. The van der Waals surface area contributed by atoms with Crippen LogP contribution in [-0.4, -0.2) is 25.2 Å². The molecule has 6 heteroatoms. The molecule has 0 atom stereocenters. The first-order valence-electron chi connectivity index (χ1n) is 6.91. The lowest BCUT2D eigenvalue weighted by molar-refractivity contribution is 0.741. The Morgan fingerprint density at radius 2 is 2.00 bits per heavy atom. The number of hydrogen-bond acceptors (Lipinski definition) is 2. The van der Waals surface area contributed by atoms with Gasteiger partial charge in [0, 0.05) is 19.3 Å². The average molecular weight is 323 g/mol. The molecule has 0 unspecified atom stereocenters. The molecule has 0 aliphatic rings. The Bertz CT molecular complexity index is 788. The number of fused-ring (bicyclic) bond motifs is 1. The van der Waals surface area contributed by atoms with Gasteiger partial charge >= 0.3 is 0 Å². The SMILES string of the molecule is CCc1nn(C)c2c1nc(CCCl)n2-c1ccccc1Cl. The van der Waals surface area contributed by atoms with Crippen molar-refractivity contribution in [2.24, 2.45) is 7.05 Å². The van der Waals surface area contributed by atoms with Crippen LogP contribution in [-0.2, 0) is 19.9 Å². The molecule has 0 fully saturated rings. The minimum Gasteiger partial charge on any atom is -0.279 e. The van der Waals surface area contributed by atoms with Crippen molar-refractivity contribution >= 4 is 34.4 Å². The van der Waals surface area contributed by atoms with Crippen molar-refractivity contribution in [1.29, 1.82) is 0 Å². The number of benzene rings is 1. The fraction of sp³-hybridized carbons (Fsp3) is 0.333. The normalized spacial score (nSPS) is 11.4. The molecule has 0 aliphatic carbocycles. The van der Waals surface area contributed by atoms with E-state index >= 15 is 0 Å². The summed E-state index contributed by atoms with van der Waals surface area (Å²) >= 11 is 12.3. The van der Waals surface area contributed by atoms with Gasteiger partial charge < -0.3 is 0 Å². The van der Waals surface area contributed by atoms with Crippen LogP contribution in [0.15, 0.2) is 24.3 Å². The topological polar surface area (TPSA) is 35.6 Å². The third kappa shape index (κ3) is 2.32.